The van der Waals surface area contributed by atoms with Crippen molar-refractivity contribution >= 4 is 33.9 Å². The van der Waals surface area contributed by atoms with Crippen molar-refractivity contribution in [1.82, 2.24) is 0 Å². The molecule has 0 heterocycles. The predicted octanol–water partition coefficient (Wildman–Crippen LogP) is -0.927. The minimum absolute atomic E-state index is 0. The first-order valence-corrected chi connectivity index (χ1v) is 1.44. The minimum atomic E-state index is 0. The molecule has 64 valence electrons. The zero-order valence-corrected chi connectivity index (χ0v) is 8.53. The van der Waals surface area contributed by atoms with Gasteiger partial charge in [0.25, 0.3) is 0 Å². The van der Waals surface area contributed by atoms with Gasteiger partial charge in [-0.15, -0.1) is 0 Å². The van der Waals surface area contributed by atoms with Crippen LogP contribution in [-0.2, 0) is 50.2 Å². The summed E-state index contributed by atoms with van der Waals surface area (Å²) in [6.45, 7) is 10.0. The van der Waals surface area contributed by atoms with Crippen LogP contribution in [0.25, 0.3) is 0 Å². The summed E-state index contributed by atoms with van der Waals surface area (Å²) in [7, 11) is 0. The van der Waals surface area contributed by atoms with Crippen LogP contribution in [-0.4, -0.2) is 33.9 Å². The molecule has 0 radical (unpaired) electrons. The third kappa shape index (κ3) is 821. The van der Waals surface area contributed by atoms with Crippen molar-refractivity contribution in [2.75, 3.05) is 0 Å². The topological polar surface area (TPSA) is 85.3 Å². The summed E-state index contributed by atoms with van der Waals surface area (Å²) < 4.78 is 0. The summed E-state index contributed by atoms with van der Waals surface area (Å²) in [5.74, 6) is 0. The third-order valence-electron chi connectivity index (χ3n) is 0. The molecule has 0 rings (SSSR count). The molecule has 0 N–H and O–H groups in total. The summed E-state index contributed by atoms with van der Waals surface area (Å²) in [4.78, 5) is 40.0. The van der Waals surface area contributed by atoms with Crippen molar-refractivity contribution in [2.24, 2.45) is 0 Å². The van der Waals surface area contributed by atoms with E-state index in [1.807, 2.05) is 33.9 Å². The van der Waals surface area contributed by atoms with E-state index in [0.29, 0.717) is 0 Å². The van der Waals surface area contributed by atoms with E-state index in [1.165, 1.54) is 0 Å². The van der Waals surface area contributed by atoms with E-state index >= 15 is 0 Å². The molecule has 11 heavy (non-hydrogen) atoms. The molecule has 0 fully saturated rings. The van der Waals surface area contributed by atoms with E-state index in [1.54, 1.807) is 0 Å². The monoisotopic (exact) mass is 240 g/mol. The van der Waals surface area contributed by atoms with Gasteiger partial charge in [0, 0.05) is 26.2 Å². The Hall–Kier alpha value is -0.767. The molecule has 0 spiro atoms. The minimum Gasteiger partial charge on any atom is -0.307 e. The molecule has 0 amide bonds. The second kappa shape index (κ2) is 1060. The second-order valence-corrected chi connectivity index (χ2v) is 0. The van der Waals surface area contributed by atoms with Crippen LogP contribution in [0.5, 0.6) is 0 Å². The fourth-order valence-electron chi connectivity index (χ4n) is 0. The number of carbonyl (C=O) groups is 5. The SMILES string of the molecule is C=O.C=O.C=O.C=O.C=O.[Zr]. The van der Waals surface area contributed by atoms with Crippen molar-refractivity contribution in [3.8, 4) is 0 Å². The molecule has 0 aliphatic rings. The first-order chi connectivity index (χ1) is 5.00. The molecule has 0 saturated carbocycles. The Balaban J connectivity index is -0.00000000694. The van der Waals surface area contributed by atoms with Crippen LogP contribution >= 0.6 is 0 Å². The summed E-state index contributed by atoms with van der Waals surface area (Å²) in [5.41, 5.74) is 0. The average molecular weight is 241 g/mol. The zero-order chi connectivity index (χ0) is 10.0. The fourth-order valence-corrected chi connectivity index (χ4v) is 0. The summed E-state index contributed by atoms with van der Waals surface area (Å²) in [5, 5.41) is 0. The molecule has 0 atom stereocenters. The van der Waals surface area contributed by atoms with Crippen LogP contribution in [0.3, 0.4) is 0 Å². The van der Waals surface area contributed by atoms with Gasteiger partial charge in [-0.1, -0.05) is 0 Å². The van der Waals surface area contributed by atoms with Gasteiger partial charge in [0.2, 0.25) is 0 Å². The van der Waals surface area contributed by atoms with Crippen LogP contribution in [0.1, 0.15) is 0 Å². The van der Waals surface area contributed by atoms with Gasteiger partial charge in [0.05, 0.1) is 0 Å². The Labute approximate surface area is 84.3 Å². The molecule has 0 saturated heterocycles. The molecule has 6 heteroatoms. The molecular formula is C5H10O5Zr. The number of hydrogen-bond donors (Lipinski definition) is 0. The average Bonchev–Trinajstić information content (AvgIpc) is 2.20. The maximum atomic E-state index is 8.00. The van der Waals surface area contributed by atoms with Gasteiger partial charge in [-0.25, -0.2) is 0 Å². The Morgan fingerprint density at radius 1 is 0.364 bits per heavy atom. The first-order valence-electron chi connectivity index (χ1n) is 1.44. The van der Waals surface area contributed by atoms with Crippen LogP contribution < -0.4 is 0 Å². The smallest absolute Gasteiger partial charge is 0.106 e. The van der Waals surface area contributed by atoms with Crippen molar-refractivity contribution in [3.63, 3.8) is 0 Å². The Kier molecular flexibility index (Phi) is 4710. The molecule has 0 aliphatic heterocycles. The first kappa shape index (κ1) is 48.7. The normalized spacial score (nSPS) is 1.82. The standard InChI is InChI=1S/5CH2O.Zr/c5*1-2;/h5*1H2;. The van der Waals surface area contributed by atoms with E-state index in [9.17, 15) is 0 Å². The number of carbonyl (C=O) groups excluding carboxylic acids is 5. The predicted molar refractivity (Wildman–Crippen MR) is 35.6 cm³/mol. The van der Waals surface area contributed by atoms with Gasteiger partial charge >= 0.3 is 0 Å². The summed E-state index contributed by atoms with van der Waals surface area (Å²) in [6.07, 6.45) is 0. The zero-order valence-electron chi connectivity index (χ0n) is 6.08. The van der Waals surface area contributed by atoms with E-state index in [0.717, 1.165) is 0 Å². The van der Waals surface area contributed by atoms with Gasteiger partial charge in [0.15, 0.2) is 0 Å². The Bertz CT molecular complexity index is 26.4. The van der Waals surface area contributed by atoms with E-state index in [4.69, 9.17) is 24.0 Å². The quantitative estimate of drug-likeness (QED) is 0.547. The largest absolute Gasteiger partial charge is 0.307 e. The van der Waals surface area contributed by atoms with Crippen LogP contribution in [0, 0.1) is 0 Å². The van der Waals surface area contributed by atoms with Crippen molar-refractivity contribution in [2.45, 2.75) is 0 Å². The Morgan fingerprint density at radius 2 is 0.364 bits per heavy atom. The van der Waals surface area contributed by atoms with Crippen LogP contribution in [0.15, 0.2) is 0 Å². The van der Waals surface area contributed by atoms with E-state index in [-0.39, 0.29) is 26.2 Å². The fraction of sp³-hybridized carbons (Fsp3) is 0. The van der Waals surface area contributed by atoms with Gasteiger partial charge in [0.1, 0.15) is 33.9 Å². The third-order valence-corrected chi connectivity index (χ3v) is 0. The molecule has 0 unspecified atom stereocenters. The van der Waals surface area contributed by atoms with E-state index < -0.39 is 0 Å². The van der Waals surface area contributed by atoms with Gasteiger partial charge in [-0.3, -0.25) is 0 Å². The second-order valence-electron chi connectivity index (χ2n) is 0. The van der Waals surface area contributed by atoms with Gasteiger partial charge in [-0.2, -0.15) is 0 Å². The molecule has 5 nitrogen and oxygen atoms in total. The van der Waals surface area contributed by atoms with Crippen molar-refractivity contribution in [1.29, 1.82) is 0 Å². The van der Waals surface area contributed by atoms with Crippen molar-refractivity contribution in [3.05, 3.63) is 0 Å². The molecule has 0 aromatic rings. The summed E-state index contributed by atoms with van der Waals surface area (Å²) >= 11 is 0. The maximum absolute atomic E-state index is 8.00. The van der Waals surface area contributed by atoms with E-state index in [2.05, 4.69) is 0 Å². The maximum Gasteiger partial charge on any atom is 0.106 e. The summed E-state index contributed by atoms with van der Waals surface area (Å²) in [6, 6.07) is 0. The Morgan fingerprint density at radius 3 is 0.364 bits per heavy atom. The molecule has 0 aromatic carbocycles. The number of hydrogen-bond acceptors (Lipinski definition) is 5. The molecule has 0 bridgehead atoms. The van der Waals surface area contributed by atoms with Crippen LogP contribution in [0.2, 0.25) is 0 Å². The van der Waals surface area contributed by atoms with Crippen LogP contribution in [0.4, 0.5) is 0 Å². The van der Waals surface area contributed by atoms with Gasteiger partial charge in [-0.05, 0) is 0 Å². The molecule has 0 aliphatic carbocycles. The molecular weight excluding hydrogens is 231 g/mol. The van der Waals surface area contributed by atoms with Crippen molar-refractivity contribution < 1.29 is 50.2 Å². The molecule has 0 aromatic heterocycles. The number of rotatable bonds is 0. The van der Waals surface area contributed by atoms with Gasteiger partial charge < -0.3 is 24.0 Å².